The molecule has 0 N–H and O–H groups in total. The summed E-state index contributed by atoms with van der Waals surface area (Å²) < 4.78 is 8.36. The highest BCUT2D eigenvalue weighted by Crippen LogP contribution is 2.43. The molecule has 0 unspecified atom stereocenters. The van der Waals surface area contributed by atoms with Gasteiger partial charge in [0.25, 0.3) is 0 Å². The van der Waals surface area contributed by atoms with Gasteiger partial charge in [-0.05, 0) is 60.9 Å². The van der Waals surface area contributed by atoms with E-state index in [1.807, 2.05) is 0 Å². The Labute approximate surface area is 225 Å². The first-order valence-electron chi connectivity index (χ1n) is 14.6. The van der Waals surface area contributed by atoms with Gasteiger partial charge in [-0.2, -0.15) is 4.58 Å². The van der Waals surface area contributed by atoms with Gasteiger partial charge in [-0.3, -0.25) is 0 Å². The quantitative estimate of drug-likeness (QED) is 0.160. The van der Waals surface area contributed by atoms with Crippen molar-refractivity contribution in [1.29, 1.82) is 0 Å². The first-order chi connectivity index (χ1) is 18.0. The molecule has 0 aliphatic carbocycles. The molecule has 37 heavy (non-hydrogen) atoms. The summed E-state index contributed by atoms with van der Waals surface area (Å²) in [5.74, 6) is 0.970. The summed E-state index contributed by atoms with van der Waals surface area (Å²) in [6.07, 6.45) is 18.0. The van der Waals surface area contributed by atoms with Crippen LogP contribution in [-0.4, -0.2) is 23.9 Å². The van der Waals surface area contributed by atoms with Gasteiger partial charge in [0.1, 0.15) is 12.8 Å². The van der Waals surface area contributed by atoms with Crippen molar-refractivity contribution in [2.75, 3.05) is 13.7 Å². The zero-order valence-electron chi connectivity index (χ0n) is 23.6. The van der Waals surface area contributed by atoms with Crippen LogP contribution in [0.5, 0.6) is 5.75 Å². The monoisotopic (exact) mass is 496 g/mol. The molecule has 1 heterocycles. The topological polar surface area (TPSA) is 12.2 Å². The molecule has 0 saturated heterocycles. The molecule has 3 aromatic carbocycles. The zero-order chi connectivity index (χ0) is 26.1. The molecule has 0 atom stereocenters. The molecule has 4 rings (SSSR count). The average molecular weight is 497 g/mol. The first-order valence-corrected chi connectivity index (χ1v) is 14.6. The highest BCUT2D eigenvalue weighted by molar-refractivity contribution is 6.09. The summed E-state index contributed by atoms with van der Waals surface area (Å²) in [5, 5.41) is 2.66. The predicted molar refractivity (Wildman–Crippen MR) is 161 cm³/mol. The third-order valence-corrected chi connectivity index (χ3v) is 7.98. The van der Waals surface area contributed by atoms with Gasteiger partial charge in [-0.25, -0.2) is 0 Å². The highest BCUT2D eigenvalue weighted by atomic mass is 16.5. The summed E-state index contributed by atoms with van der Waals surface area (Å²) in [7, 11) is 2.19. The van der Waals surface area contributed by atoms with Gasteiger partial charge in [0, 0.05) is 17.7 Å². The second kappa shape index (κ2) is 13.1. The van der Waals surface area contributed by atoms with Crippen molar-refractivity contribution >= 4 is 28.2 Å². The Morgan fingerprint density at radius 1 is 0.730 bits per heavy atom. The van der Waals surface area contributed by atoms with Crippen LogP contribution in [0.3, 0.4) is 0 Å². The van der Waals surface area contributed by atoms with Crippen LogP contribution in [-0.2, 0) is 5.41 Å². The molecule has 3 aromatic rings. The maximum atomic E-state index is 6.01. The number of rotatable bonds is 14. The highest BCUT2D eigenvalue weighted by Gasteiger charge is 2.44. The van der Waals surface area contributed by atoms with E-state index in [-0.39, 0.29) is 5.41 Å². The number of hydrogen-bond acceptors (Lipinski definition) is 1. The van der Waals surface area contributed by atoms with Gasteiger partial charge in [0.15, 0.2) is 5.71 Å². The molecule has 0 bridgehead atoms. The molecule has 196 valence electrons. The molecular formula is C35H46NO+. The Bertz CT molecular complexity index is 1220. The summed E-state index contributed by atoms with van der Waals surface area (Å²) in [4.78, 5) is 0. The van der Waals surface area contributed by atoms with Gasteiger partial charge in [0.2, 0.25) is 5.69 Å². The summed E-state index contributed by atoms with van der Waals surface area (Å²) >= 11 is 0. The molecule has 1 aliphatic rings. The number of benzene rings is 3. The van der Waals surface area contributed by atoms with Crippen LogP contribution in [0.4, 0.5) is 5.69 Å². The molecule has 2 nitrogen and oxygen atoms in total. The fraction of sp³-hybridized carbons (Fsp3) is 0.457. The van der Waals surface area contributed by atoms with E-state index in [2.05, 4.69) is 105 Å². The van der Waals surface area contributed by atoms with Crippen molar-refractivity contribution in [2.24, 2.45) is 0 Å². The summed E-state index contributed by atoms with van der Waals surface area (Å²) in [6.45, 7) is 7.77. The lowest BCUT2D eigenvalue weighted by atomic mass is 9.79. The van der Waals surface area contributed by atoms with E-state index in [1.54, 1.807) is 0 Å². The minimum atomic E-state index is -0.0560. The first kappa shape index (κ1) is 27.2. The minimum Gasteiger partial charge on any atom is -0.494 e. The van der Waals surface area contributed by atoms with E-state index in [1.165, 1.54) is 91.1 Å². The molecule has 0 spiro atoms. The van der Waals surface area contributed by atoms with Gasteiger partial charge in [-0.15, -0.1) is 0 Å². The summed E-state index contributed by atoms with van der Waals surface area (Å²) in [6, 6.07) is 21.8. The molecule has 0 radical (unpaired) electrons. The van der Waals surface area contributed by atoms with Crippen LogP contribution in [0.2, 0.25) is 0 Å². The third kappa shape index (κ3) is 6.72. The molecule has 1 aliphatic heterocycles. The third-order valence-electron chi connectivity index (χ3n) is 7.98. The van der Waals surface area contributed by atoms with E-state index in [0.717, 1.165) is 18.8 Å². The molecule has 0 amide bonds. The van der Waals surface area contributed by atoms with Crippen LogP contribution in [0.25, 0.3) is 16.8 Å². The number of allylic oxidation sites excluding steroid dienone is 1. The van der Waals surface area contributed by atoms with Gasteiger partial charge < -0.3 is 4.74 Å². The Kier molecular flexibility index (Phi) is 9.61. The SMILES string of the molecule is CCCCCCCCCCCCOc1ccc(C=CC2=[N+](C)c3ccc4ccccc4c3C2(C)C)cc1. The van der Waals surface area contributed by atoms with Crippen LogP contribution < -0.4 is 4.74 Å². The van der Waals surface area contributed by atoms with Crippen LogP contribution in [0.15, 0.2) is 66.7 Å². The van der Waals surface area contributed by atoms with E-state index >= 15 is 0 Å². The van der Waals surface area contributed by atoms with Crippen LogP contribution in [0, 0.1) is 0 Å². The summed E-state index contributed by atoms with van der Waals surface area (Å²) in [5.41, 5.74) is 5.19. The number of fused-ring (bicyclic) bond motifs is 3. The van der Waals surface area contributed by atoms with Crippen molar-refractivity contribution in [3.63, 3.8) is 0 Å². The van der Waals surface area contributed by atoms with Crippen molar-refractivity contribution < 1.29 is 9.31 Å². The van der Waals surface area contributed by atoms with E-state index in [9.17, 15) is 0 Å². The van der Waals surface area contributed by atoms with Crippen molar-refractivity contribution in [1.82, 2.24) is 0 Å². The fourth-order valence-electron chi connectivity index (χ4n) is 5.82. The zero-order valence-corrected chi connectivity index (χ0v) is 23.6. The van der Waals surface area contributed by atoms with E-state index in [4.69, 9.17) is 4.74 Å². The number of nitrogens with zero attached hydrogens (tertiary/aromatic N) is 1. The fourth-order valence-corrected chi connectivity index (χ4v) is 5.82. The lowest BCUT2D eigenvalue weighted by molar-refractivity contribution is -0.401. The molecule has 0 aromatic heterocycles. The standard InChI is InChI=1S/C35H46NO/c1-5-6-7-8-9-10-11-12-13-16-27-37-30-23-19-28(20-24-30)21-26-33-35(2,3)34-31-18-15-14-17-29(31)22-25-32(34)36(33)4/h14-15,17-26H,5-13,16,27H2,1-4H3/q+1. The van der Waals surface area contributed by atoms with Crippen molar-refractivity contribution in [2.45, 2.75) is 90.4 Å². The average Bonchev–Trinajstić information content (AvgIpc) is 3.11. The number of ether oxygens (including phenoxy) is 1. The molecule has 0 saturated carbocycles. The number of unbranched alkanes of at least 4 members (excludes halogenated alkanes) is 9. The Balaban J connectivity index is 1.25. The second-order valence-corrected chi connectivity index (χ2v) is 11.2. The van der Waals surface area contributed by atoms with E-state index < -0.39 is 0 Å². The molecule has 2 heteroatoms. The second-order valence-electron chi connectivity index (χ2n) is 11.2. The normalized spacial score (nSPS) is 14.6. The van der Waals surface area contributed by atoms with Gasteiger partial charge >= 0.3 is 0 Å². The largest absolute Gasteiger partial charge is 0.494 e. The maximum Gasteiger partial charge on any atom is 0.210 e. The Morgan fingerprint density at radius 3 is 2.08 bits per heavy atom. The molecular weight excluding hydrogens is 450 g/mol. The predicted octanol–water partition coefficient (Wildman–Crippen LogP) is 9.86. The smallest absolute Gasteiger partial charge is 0.210 e. The number of hydrogen-bond donors (Lipinski definition) is 0. The Hall–Kier alpha value is -2.87. The van der Waals surface area contributed by atoms with Crippen LogP contribution in [0.1, 0.15) is 96.1 Å². The van der Waals surface area contributed by atoms with Crippen LogP contribution >= 0.6 is 0 Å². The maximum absolute atomic E-state index is 6.01. The Morgan fingerprint density at radius 2 is 1.38 bits per heavy atom. The lowest BCUT2D eigenvalue weighted by Crippen LogP contribution is -2.26. The van der Waals surface area contributed by atoms with Crippen molar-refractivity contribution in [3.05, 3.63) is 77.9 Å². The minimum absolute atomic E-state index is 0.0560. The van der Waals surface area contributed by atoms with Crippen molar-refractivity contribution in [3.8, 4) is 5.75 Å². The van der Waals surface area contributed by atoms with E-state index in [0.29, 0.717) is 0 Å². The van der Waals surface area contributed by atoms with Gasteiger partial charge in [-0.1, -0.05) is 101 Å². The molecule has 0 fully saturated rings. The lowest BCUT2D eigenvalue weighted by Gasteiger charge is -2.17. The van der Waals surface area contributed by atoms with Gasteiger partial charge in [0.05, 0.1) is 12.0 Å².